The predicted octanol–water partition coefficient (Wildman–Crippen LogP) is 3.06. The van der Waals surface area contributed by atoms with Crippen LogP contribution in [0.3, 0.4) is 0 Å². The lowest BCUT2D eigenvalue weighted by Crippen LogP contribution is -2.44. The highest BCUT2D eigenvalue weighted by molar-refractivity contribution is 7.89. The lowest BCUT2D eigenvalue weighted by molar-refractivity contribution is -0.119. The molecule has 5 nitrogen and oxygen atoms in total. The van der Waals surface area contributed by atoms with Crippen molar-refractivity contribution in [1.82, 2.24) is 4.31 Å². The van der Waals surface area contributed by atoms with Gasteiger partial charge in [-0.1, -0.05) is 35.9 Å². The molecule has 6 heteroatoms. The van der Waals surface area contributed by atoms with Crippen LogP contribution in [0.15, 0.2) is 59.5 Å². The number of rotatable bonds is 6. The summed E-state index contributed by atoms with van der Waals surface area (Å²) < 4.78 is 26.4. The van der Waals surface area contributed by atoms with Crippen molar-refractivity contribution in [2.24, 2.45) is 0 Å². The number of carbonyl (C=O) groups is 1. The Morgan fingerprint density at radius 2 is 1.56 bits per heavy atom. The first-order chi connectivity index (χ1) is 11.7. The number of sulfonamides is 1. The second kappa shape index (κ2) is 7.80. The van der Waals surface area contributed by atoms with Crippen molar-refractivity contribution in [2.45, 2.75) is 31.7 Å². The molecule has 0 aliphatic rings. The summed E-state index contributed by atoms with van der Waals surface area (Å²) in [6, 6.07) is 15.8. The standard InChI is InChI=1S/C19H24N2O3S/c1-15(2)21(17-8-6-5-7-9-17)19(22)14-20(4)25(23,24)18-12-10-16(3)11-13-18/h5-13,15H,14H2,1-4H3. The van der Waals surface area contributed by atoms with Crippen molar-refractivity contribution in [3.05, 3.63) is 60.2 Å². The van der Waals surface area contributed by atoms with Gasteiger partial charge in [-0.05, 0) is 45.0 Å². The first-order valence-electron chi connectivity index (χ1n) is 8.13. The summed E-state index contributed by atoms with van der Waals surface area (Å²) in [5, 5.41) is 0. The highest BCUT2D eigenvalue weighted by Crippen LogP contribution is 2.19. The largest absolute Gasteiger partial charge is 0.309 e. The Morgan fingerprint density at radius 3 is 2.08 bits per heavy atom. The molecule has 0 aromatic heterocycles. The van der Waals surface area contributed by atoms with E-state index in [9.17, 15) is 13.2 Å². The predicted molar refractivity (Wildman–Crippen MR) is 100 cm³/mol. The van der Waals surface area contributed by atoms with E-state index < -0.39 is 10.0 Å². The molecule has 0 spiro atoms. The van der Waals surface area contributed by atoms with Gasteiger partial charge in [0, 0.05) is 18.8 Å². The average molecular weight is 360 g/mol. The Bertz CT molecular complexity index is 816. The quantitative estimate of drug-likeness (QED) is 0.795. The number of para-hydroxylation sites is 1. The molecule has 0 fully saturated rings. The Labute approximate surface area is 149 Å². The van der Waals surface area contributed by atoms with Crippen LogP contribution in [0.5, 0.6) is 0 Å². The summed E-state index contributed by atoms with van der Waals surface area (Å²) in [7, 11) is -2.28. The van der Waals surface area contributed by atoms with Gasteiger partial charge in [-0.15, -0.1) is 0 Å². The van der Waals surface area contributed by atoms with Gasteiger partial charge in [0.1, 0.15) is 0 Å². The van der Waals surface area contributed by atoms with Crippen molar-refractivity contribution in [2.75, 3.05) is 18.5 Å². The molecule has 0 saturated heterocycles. The van der Waals surface area contributed by atoms with Crippen LogP contribution in [0, 0.1) is 6.92 Å². The smallest absolute Gasteiger partial charge is 0.243 e. The third-order valence-corrected chi connectivity index (χ3v) is 5.72. The third-order valence-electron chi connectivity index (χ3n) is 3.91. The molecule has 134 valence electrons. The maximum Gasteiger partial charge on any atom is 0.243 e. The molecule has 0 radical (unpaired) electrons. The van der Waals surface area contributed by atoms with Crippen LogP contribution in [0.25, 0.3) is 0 Å². The Hall–Kier alpha value is -2.18. The summed E-state index contributed by atoms with van der Waals surface area (Å²) in [5.41, 5.74) is 1.73. The van der Waals surface area contributed by atoms with Gasteiger partial charge in [0.05, 0.1) is 11.4 Å². The van der Waals surface area contributed by atoms with Gasteiger partial charge < -0.3 is 4.90 Å². The number of likely N-dealkylation sites (N-methyl/N-ethyl adjacent to an activating group) is 1. The van der Waals surface area contributed by atoms with Crippen LogP contribution in [0.1, 0.15) is 19.4 Å². The summed E-state index contributed by atoms with van der Waals surface area (Å²) >= 11 is 0. The minimum absolute atomic E-state index is 0.0784. The minimum Gasteiger partial charge on any atom is -0.309 e. The zero-order valence-corrected chi connectivity index (χ0v) is 15.8. The summed E-state index contributed by atoms with van der Waals surface area (Å²) in [4.78, 5) is 14.5. The lowest BCUT2D eigenvalue weighted by atomic mass is 10.2. The Morgan fingerprint density at radius 1 is 1.00 bits per heavy atom. The maximum absolute atomic E-state index is 12.7. The van der Waals surface area contributed by atoms with Crippen LogP contribution in [-0.4, -0.2) is 38.3 Å². The van der Waals surface area contributed by atoms with E-state index in [0.717, 1.165) is 15.6 Å². The molecule has 2 aromatic carbocycles. The van der Waals surface area contributed by atoms with Gasteiger partial charge in [-0.25, -0.2) is 8.42 Å². The van der Waals surface area contributed by atoms with Crippen LogP contribution >= 0.6 is 0 Å². The van der Waals surface area contributed by atoms with Crippen molar-refractivity contribution in [3.8, 4) is 0 Å². The number of carbonyl (C=O) groups excluding carboxylic acids is 1. The van der Waals surface area contributed by atoms with E-state index in [-0.39, 0.29) is 23.4 Å². The number of aryl methyl sites for hydroxylation is 1. The van der Waals surface area contributed by atoms with Gasteiger partial charge in [-0.2, -0.15) is 4.31 Å². The monoisotopic (exact) mass is 360 g/mol. The molecule has 1 amide bonds. The number of hydrogen-bond donors (Lipinski definition) is 0. The number of hydrogen-bond acceptors (Lipinski definition) is 3. The molecule has 0 aliphatic heterocycles. The average Bonchev–Trinajstić information content (AvgIpc) is 2.56. The topological polar surface area (TPSA) is 57.7 Å². The van der Waals surface area contributed by atoms with Gasteiger partial charge in [0.2, 0.25) is 15.9 Å². The fraction of sp³-hybridized carbons (Fsp3) is 0.316. The van der Waals surface area contributed by atoms with Gasteiger partial charge in [0.15, 0.2) is 0 Å². The molecule has 0 unspecified atom stereocenters. The molecule has 25 heavy (non-hydrogen) atoms. The van der Waals surface area contributed by atoms with E-state index in [4.69, 9.17) is 0 Å². The molecule has 0 saturated carbocycles. The van der Waals surface area contributed by atoms with E-state index in [2.05, 4.69) is 0 Å². The summed E-state index contributed by atoms with van der Waals surface area (Å²) in [6.45, 7) is 5.48. The van der Waals surface area contributed by atoms with Crippen LogP contribution in [-0.2, 0) is 14.8 Å². The van der Waals surface area contributed by atoms with Crippen LogP contribution < -0.4 is 4.90 Å². The number of nitrogens with zero attached hydrogens (tertiary/aromatic N) is 2. The first-order valence-corrected chi connectivity index (χ1v) is 9.57. The highest BCUT2D eigenvalue weighted by atomic mass is 32.2. The van der Waals surface area contributed by atoms with E-state index in [1.54, 1.807) is 29.2 Å². The SMILES string of the molecule is Cc1ccc(S(=O)(=O)N(C)CC(=O)N(c2ccccc2)C(C)C)cc1. The molecule has 0 atom stereocenters. The minimum atomic E-state index is -3.71. The molecule has 2 rings (SSSR count). The third kappa shape index (κ3) is 4.46. The summed E-state index contributed by atoms with van der Waals surface area (Å²) in [6.07, 6.45) is 0. The van der Waals surface area contributed by atoms with Crippen molar-refractivity contribution in [3.63, 3.8) is 0 Å². The second-order valence-electron chi connectivity index (χ2n) is 6.27. The lowest BCUT2D eigenvalue weighted by Gasteiger charge is -2.28. The van der Waals surface area contributed by atoms with E-state index in [1.165, 1.54) is 7.05 Å². The normalized spacial score (nSPS) is 11.8. The first kappa shape index (κ1) is 19.1. The fourth-order valence-electron chi connectivity index (χ4n) is 2.56. The van der Waals surface area contributed by atoms with E-state index in [0.29, 0.717) is 0 Å². The molecular weight excluding hydrogens is 336 g/mol. The van der Waals surface area contributed by atoms with Gasteiger partial charge >= 0.3 is 0 Å². The molecular formula is C19H24N2O3S. The zero-order valence-electron chi connectivity index (χ0n) is 15.0. The molecule has 2 aromatic rings. The molecule has 0 bridgehead atoms. The van der Waals surface area contributed by atoms with Crippen LogP contribution in [0.4, 0.5) is 5.69 Å². The second-order valence-corrected chi connectivity index (χ2v) is 8.31. The number of benzene rings is 2. The fourth-order valence-corrected chi connectivity index (χ4v) is 3.68. The van der Waals surface area contributed by atoms with E-state index in [1.807, 2.05) is 51.1 Å². The molecule has 0 N–H and O–H groups in total. The Balaban J connectivity index is 2.21. The highest BCUT2D eigenvalue weighted by Gasteiger charge is 2.26. The van der Waals surface area contributed by atoms with Crippen molar-refractivity contribution < 1.29 is 13.2 Å². The van der Waals surface area contributed by atoms with Crippen molar-refractivity contribution >= 4 is 21.6 Å². The van der Waals surface area contributed by atoms with E-state index >= 15 is 0 Å². The van der Waals surface area contributed by atoms with Gasteiger partial charge in [-0.3, -0.25) is 4.79 Å². The molecule has 0 heterocycles. The number of amides is 1. The number of anilines is 1. The summed E-state index contributed by atoms with van der Waals surface area (Å²) in [5.74, 6) is -0.264. The molecule has 0 aliphatic carbocycles. The van der Waals surface area contributed by atoms with Gasteiger partial charge in [0.25, 0.3) is 0 Å². The van der Waals surface area contributed by atoms with Crippen molar-refractivity contribution in [1.29, 1.82) is 0 Å². The Kier molecular flexibility index (Phi) is 5.98. The zero-order chi connectivity index (χ0) is 18.6. The maximum atomic E-state index is 12.7. The van der Waals surface area contributed by atoms with Crippen LogP contribution in [0.2, 0.25) is 0 Å².